The zero-order valence-corrected chi connectivity index (χ0v) is 33.3. The number of nitrogens with one attached hydrogen (secondary N) is 1. The van der Waals surface area contributed by atoms with Crippen LogP contribution in [0.5, 0.6) is 23.0 Å². The van der Waals surface area contributed by atoms with Crippen molar-refractivity contribution >= 4 is 44.8 Å². The minimum Gasteiger partial charge on any atom is -0.748 e. The molecule has 1 atom stereocenters. The summed E-state index contributed by atoms with van der Waals surface area (Å²) in [4.78, 5) is 19.1. The van der Waals surface area contributed by atoms with E-state index in [0.717, 1.165) is 53.0 Å². The molecule has 8 rings (SSSR count). The zero-order chi connectivity index (χ0) is 36.5. The first-order valence-electron chi connectivity index (χ1n) is 18.0. The molecule has 5 aromatic rings. The third kappa shape index (κ3) is 7.24. The molecule has 0 aliphatic carbocycles. The summed E-state index contributed by atoms with van der Waals surface area (Å²) in [5.74, 6) is 2.34. The summed E-state index contributed by atoms with van der Waals surface area (Å²) in [5, 5.41) is 3.72. The number of anilines is 5. The summed E-state index contributed by atoms with van der Waals surface area (Å²) < 4.78 is 49.6. The van der Waals surface area contributed by atoms with Crippen LogP contribution in [-0.4, -0.2) is 46.4 Å². The molecule has 54 heavy (non-hydrogen) atoms. The largest absolute Gasteiger partial charge is 1.00 e. The first kappa shape index (κ1) is 37.6. The molecule has 4 heterocycles. The molecule has 270 valence electrons. The second kappa shape index (κ2) is 15.9. The van der Waals surface area contributed by atoms with Gasteiger partial charge in [-0.05, 0) is 85.4 Å². The van der Waals surface area contributed by atoms with Gasteiger partial charge in [-0.3, -0.25) is 4.99 Å². The van der Waals surface area contributed by atoms with Crippen LogP contribution in [0.15, 0.2) is 102 Å². The third-order valence-electron chi connectivity index (χ3n) is 9.54. The molecule has 11 nitrogen and oxygen atoms in total. The zero-order valence-electron chi connectivity index (χ0n) is 30.5. The van der Waals surface area contributed by atoms with Crippen LogP contribution in [0.1, 0.15) is 56.0 Å². The van der Waals surface area contributed by atoms with Gasteiger partial charge in [0.1, 0.15) is 6.17 Å². The molecule has 3 aliphatic heterocycles. The van der Waals surface area contributed by atoms with Crippen molar-refractivity contribution in [2.24, 2.45) is 4.99 Å². The molecule has 0 saturated carbocycles. The predicted octanol–water partition coefficient (Wildman–Crippen LogP) is 6.31. The van der Waals surface area contributed by atoms with Gasteiger partial charge in [-0.1, -0.05) is 50.6 Å². The fourth-order valence-corrected chi connectivity index (χ4v) is 7.89. The Balaban J connectivity index is 0.00000450. The fraction of sp³-hybridized carbons (Fsp3) is 0.244. The number of fused-ring (bicyclic) bond motifs is 4. The van der Waals surface area contributed by atoms with Crippen molar-refractivity contribution in [1.82, 2.24) is 14.9 Å². The van der Waals surface area contributed by atoms with Gasteiger partial charge in [-0.2, -0.15) is 0 Å². The molecule has 0 radical (unpaired) electrons. The second-order valence-electron chi connectivity index (χ2n) is 13.2. The molecular weight excluding hydrogens is 712 g/mol. The maximum absolute atomic E-state index is 12.0. The summed E-state index contributed by atoms with van der Waals surface area (Å²) >= 11 is 0. The molecule has 0 saturated heterocycles. The Labute approximate surface area is 337 Å². The molecule has 13 heteroatoms. The van der Waals surface area contributed by atoms with Gasteiger partial charge in [0.05, 0.1) is 44.1 Å². The molecule has 0 spiro atoms. The van der Waals surface area contributed by atoms with Gasteiger partial charge in [-0.15, -0.1) is 0 Å². The normalized spacial score (nSPS) is 15.1. The van der Waals surface area contributed by atoms with Gasteiger partial charge in [0.2, 0.25) is 0 Å². The number of rotatable bonds is 11. The number of para-hydroxylation sites is 4. The summed E-state index contributed by atoms with van der Waals surface area (Å²) in [6.45, 7) is 4.96. The summed E-state index contributed by atoms with van der Waals surface area (Å²) in [5.41, 5.74) is 7.09. The van der Waals surface area contributed by atoms with E-state index >= 15 is 0 Å². The number of aryl methyl sites for hydroxylation is 1. The van der Waals surface area contributed by atoms with Crippen molar-refractivity contribution in [1.29, 1.82) is 0 Å². The first-order valence-corrected chi connectivity index (χ1v) is 19.6. The van der Waals surface area contributed by atoms with Crippen molar-refractivity contribution in [3.63, 3.8) is 0 Å². The predicted molar refractivity (Wildman–Crippen MR) is 206 cm³/mol. The maximum Gasteiger partial charge on any atom is 1.00 e. The SMILES string of the molecule is CCCc1ccc2c(c1)Nc1c(CCCS(=O)(=O)[O-])c(C3N=CC=CN3CCC)c(N3c4ccccc4Oc4ccccc43)c(-c3ncccn3)c1O2.[Na+]. The number of allylic oxidation sites excluding steroid dienone is 1. The van der Waals surface area contributed by atoms with Gasteiger partial charge in [0, 0.05) is 42.7 Å². The van der Waals surface area contributed by atoms with Gasteiger partial charge in [0.15, 0.2) is 28.8 Å². The van der Waals surface area contributed by atoms with Crippen molar-refractivity contribution in [2.75, 3.05) is 22.5 Å². The summed E-state index contributed by atoms with van der Waals surface area (Å²) in [6.07, 6.45) is 11.7. The Kier molecular flexibility index (Phi) is 11.1. The molecule has 0 amide bonds. The average Bonchev–Trinajstić information content (AvgIpc) is 3.16. The van der Waals surface area contributed by atoms with Crippen LogP contribution in [-0.2, 0) is 23.0 Å². The van der Waals surface area contributed by atoms with Crippen LogP contribution in [0.4, 0.5) is 28.4 Å². The van der Waals surface area contributed by atoms with Gasteiger partial charge in [0.25, 0.3) is 0 Å². The number of hydrogen-bond acceptors (Lipinski definition) is 11. The van der Waals surface area contributed by atoms with E-state index in [0.29, 0.717) is 52.3 Å². The summed E-state index contributed by atoms with van der Waals surface area (Å²) in [7, 11) is -4.49. The molecule has 4 aromatic carbocycles. The van der Waals surface area contributed by atoms with Crippen molar-refractivity contribution in [2.45, 2.75) is 52.1 Å². The quantitative estimate of drug-likeness (QED) is 0.119. The van der Waals surface area contributed by atoms with Crippen LogP contribution < -0.4 is 49.2 Å². The van der Waals surface area contributed by atoms with Crippen LogP contribution in [0.3, 0.4) is 0 Å². The number of ether oxygens (including phenoxy) is 2. The standard InChI is InChI=1S/C41H40N6O5S.Na/c1-3-12-27-18-19-32-29(26-27)45-37-28(13-9-25-53(48,49)50)35(41-44-22-11-24-46(41)23-4-2)38(36(39(37)52-32)40-42-20-10-21-43-40)47-30-14-5-7-16-33(30)51-34-17-8-6-15-31(34)47;/h5-8,10-11,14-22,24,26,41,45H,3-4,9,12-13,23,25H2,1-2H3,(H,48,49,50);/q;+1/p-1. The monoisotopic (exact) mass is 750 g/mol. The Bertz CT molecular complexity index is 2310. The van der Waals surface area contributed by atoms with E-state index in [1.54, 1.807) is 24.7 Å². The number of benzene rings is 4. The molecule has 3 aliphatic rings. The topological polar surface area (TPSA) is 132 Å². The molecular formula is C41H39N6NaO5S. The smallest absolute Gasteiger partial charge is 0.748 e. The van der Waals surface area contributed by atoms with Crippen LogP contribution in [0, 0.1) is 0 Å². The average molecular weight is 751 g/mol. The number of nitrogens with zero attached hydrogens (tertiary/aromatic N) is 5. The van der Waals surface area contributed by atoms with Gasteiger partial charge < -0.3 is 29.1 Å². The van der Waals surface area contributed by atoms with Crippen LogP contribution in [0.25, 0.3) is 11.4 Å². The number of aromatic nitrogens is 2. The maximum atomic E-state index is 12.0. The molecule has 0 fully saturated rings. The van der Waals surface area contributed by atoms with Crippen molar-refractivity contribution in [3.8, 4) is 34.4 Å². The van der Waals surface area contributed by atoms with E-state index in [9.17, 15) is 13.0 Å². The third-order valence-corrected chi connectivity index (χ3v) is 10.3. The first-order chi connectivity index (χ1) is 25.8. The van der Waals surface area contributed by atoms with E-state index in [2.05, 4.69) is 41.1 Å². The fourth-order valence-electron chi connectivity index (χ4n) is 7.39. The van der Waals surface area contributed by atoms with E-state index in [4.69, 9.17) is 24.4 Å². The number of aliphatic imine (C=N–C) groups is 1. The molecule has 1 N–H and O–H groups in total. The molecule has 1 unspecified atom stereocenters. The Morgan fingerprint density at radius 1 is 0.870 bits per heavy atom. The van der Waals surface area contributed by atoms with E-state index in [1.807, 2.05) is 66.9 Å². The molecule has 0 bridgehead atoms. The second-order valence-corrected chi connectivity index (χ2v) is 14.7. The van der Waals surface area contributed by atoms with E-state index < -0.39 is 22.0 Å². The van der Waals surface area contributed by atoms with Crippen LogP contribution >= 0.6 is 0 Å². The Morgan fingerprint density at radius 3 is 2.28 bits per heavy atom. The molecule has 1 aromatic heterocycles. The Morgan fingerprint density at radius 2 is 1.59 bits per heavy atom. The number of hydrogen-bond donors (Lipinski definition) is 1. The van der Waals surface area contributed by atoms with E-state index in [1.165, 1.54) is 0 Å². The van der Waals surface area contributed by atoms with Crippen molar-refractivity contribution < 1.29 is 52.0 Å². The van der Waals surface area contributed by atoms with Gasteiger partial charge >= 0.3 is 29.6 Å². The van der Waals surface area contributed by atoms with Crippen molar-refractivity contribution in [3.05, 3.63) is 114 Å². The summed E-state index contributed by atoms with van der Waals surface area (Å²) in [6, 6.07) is 23.6. The minimum atomic E-state index is -4.49. The van der Waals surface area contributed by atoms with Gasteiger partial charge in [-0.25, -0.2) is 18.4 Å². The minimum absolute atomic E-state index is 0. The van der Waals surface area contributed by atoms with Crippen LogP contribution in [0.2, 0.25) is 0 Å². The van der Waals surface area contributed by atoms with E-state index in [-0.39, 0.29) is 42.4 Å². The Hall–Kier alpha value is -4.72.